The first-order chi connectivity index (χ1) is 26.6. The molecule has 9 aromatic rings. The van der Waals surface area contributed by atoms with Crippen molar-refractivity contribution >= 4 is 43.9 Å². The Morgan fingerprint density at radius 3 is 1.72 bits per heavy atom. The van der Waals surface area contributed by atoms with Crippen LogP contribution in [0.15, 0.2) is 174 Å². The number of aromatic nitrogens is 5. The second kappa shape index (κ2) is 12.9. The fourth-order valence-corrected chi connectivity index (χ4v) is 7.76. The number of rotatable bonds is 6. The molecule has 10 rings (SSSR count). The minimum atomic E-state index is -0.601. The molecular formula is C48H33N5O. The Morgan fingerprint density at radius 2 is 1.04 bits per heavy atom. The van der Waals surface area contributed by atoms with Crippen molar-refractivity contribution in [3.63, 3.8) is 0 Å². The van der Waals surface area contributed by atoms with Crippen LogP contribution >= 0.6 is 0 Å². The van der Waals surface area contributed by atoms with Crippen LogP contribution in [0.4, 0.5) is 0 Å². The van der Waals surface area contributed by atoms with Gasteiger partial charge in [0.15, 0.2) is 23.1 Å². The molecule has 3 aromatic heterocycles. The molecule has 54 heavy (non-hydrogen) atoms. The average Bonchev–Trinajstić information content (AvgIpc) is 3.68. The van der Waals surface area contributed by atoms with E-state index in [-0.39, 0.29) is 0 Å². The molecule has 0 spiro atoms. The predicted octanol–water partition coefficient (Wildman–Crippen LogP) is 11.5. The Hall–Kier alpha value is -7.05. The summed E-state index contributed by atoms with van der Waals surface area (Å²) in [5.41, 5.74) is 8.89. The number of hydrogen-bond acceptors (Lipinski definition) is 6. The number of pyridine rings is 1. The highest BCUT2D eigenvalue weighted by Crippen LogP contribution is 2.50. The maximum Gasteiger partial charge on any atom is 0.227 e. The largest absolute Gasteiger partial charge is 0.436 e. The third kappa shape index (κ3) is 5.47. The van der Waals surface area contributed by atoms with Crippen LogP contribution in [0.5, 0.6) is 0 Å². The lowest BCUT2D eigenvalue weighted by Crippen LogP contribution is -2.28. The van der Waals surface area contributed by atoms with Crippen molar-refractivity contribution in [1.29, 1.82) is 0 Å². The van der Waals surface area contributed by atoms with Gasteiger partial charge >= 0.3 is 0 Å². The molecule has 0 aliphatic heterocycles. The summed E-state index contributed by atoms with van der Waals surface area (Å²) >= 11 is 0. The van der Waals surface area contributed by atoms with Crippen LogP contribution in [0.3, 0.4) is 0 Å². The van der Waals surface area contributed by atoms with E-state index >= 15 is 0 Å². The van der Waals surface area contributed by atoms with Crippen molar-refractivity contribution in [2.45, 2.75) is 18.8 Å². The molecule has 1 aliphatic carbocycles. The van der Waals surface area contributed by atoms with E-state index in [0.717, 1.165) is 66.5 Å². The predicted molar refractivity (Wildman–Crippen MR) is 217 cm³/mol. The number of benzene rings is 6. The number of nitrogens with zero attached hydrogens (tertiary/aromatic N) is 5. The van der Waals surface area contributed by atoms with E-state index in [1.807, 2.05) is 91.0 Å². The second-order valence-corrected chi connectivity index (χ2v) is 13.9. The van der Waals surface area contributed by atoms with Gasteiger partial charge in [-0.2, -0.15) is 0 Å². The first kappa shape index (κ1) is 31.7. The third-order valence-corrected chi connectivity index (χ3v) is 10.4. The summed E-state index contributed by atoms with van der Waals surface area (Å²) in [5, 5.41) is 3.42. The van der Waals surface area contributed by atoms with Crippen LogP contribution in [0.1, 0.15) is 30.4 Å². The fraction of sp³-hybridized carbons (Fsp3) is 0.0625. The Labute approximate surface area is 312 Å². The average molecular weight is 696 g/mol. The molecule has 0 saturated heterocycles. The molecule has 0 amide bonds. The molecule has 0 bridgehead atoms. The fourth-order valence-electron chi connectivity index (χ4n) is 7.76. The van der Waals surface area contributed by atoms with Crippen molar-refractivity contribution in [2.24, 2.45) is 0 Å². The number of fused-ring (bicyclic) bond motifs is 4. The third-order valence-electron chi connectivity index (χ3n) is 10.4. The summed E-state index contributed by atoms with van der Waals surface area (Å²) in [6.07, 6.45) is 4.98. The summed E-state index contributed by atoms with van der Waals surface area (Å²) in [4.78, 5) is 25.5. The van der Waals surface area contributed by atoms with Crippen LogP contribution < -0.4 is 0 Å². The normalized spacial score (nSPS) is 15.7. The van der Waals surface area contributed by atoms with E-state index < -0.39 is 5.41 Å². The lowest BCUT2D eigenvalue weighted by atomic mass is 9.67. The topological polar surface area (TPSA) is 77.6 Å². The van der Waals surface area contributed by atoms with Gasteiger partial charge in [0.05, 0.1) is 11.2 Å². The number of allylic oxidation sites excluding steroid dienone is 4. The first-order valence-electron chi connectivity index (χ1n) is 18.1. The van der Waals surface area contributed by atoms with E-state index in [1.165, 1.54) is 5.39 Å². The molecule has 0 radical (unpaired) electrons. The van der Waals surface area contributed by atoms with Crippen LogP contribution in [-0.4, -0.2) is 24.9 Å². The van der Waals surface area contributed by atoms with Gasteiger partial charge < -0.3 is 4.42 Å². The lowest BCUT2D eigenvalue weighted by molar-refractivity contribution is 0.612. The van der Waals surface area contributed by atoms with Crippen LogP contribution in [0.25, 0.3) is 78.2 Å². The number of hydrogen-bond donors (Lipinski definition) is 0. The minimum Gasteiger partial charge on any atom is -0.436 e. The summed E-state index contributed by atoms with van der Waals surface area (Å²) in [7, 11) is 0. The second-order valence-electron chi connectivity index (χ2n) is 13.9. The van der Waals surface area contributed by atoms with E-state index in [4.69, 9.17) is 29.3 Å². The highest BCUT2D eigenvalue weighted by atomic mass is 16.3. The molecule has 6 aromatic carbocycles. The van der Waals surface area contributed by atoms with Gasteiger partial charge in [-0.15, -0.1) is 0 Å². The van der Waals surface area contributed by atoms with Crippen molar-refractivity contribution in [3.05, 3.63) is 187 Å². The van der Waals surface area contributed by atoms with Crippen LogP contribution in [-0.2, 0) is 5.41 Å². The van der Waals surface area contributed by atoms with Crippen LogP contribution in [0, 0.1) is 0 Å². The van der Waals surface area contributed by atoms with Crippen molar-refractivity contribution in [2.75, 3.05) is 0 Å². The Kier molecular flexibility index (Phi) is 7.54. The first-order valence-corrected chi connectivity index (χ1v) is 18.1. The smallest absolute Gasteiger partial charge is 0.227 e. The van der Waals surface area contributed by atoms with Gasteiger partial charge in [-0.05, 0) is 65.8 Å². The molecule has 6 heteroatoms. The van der Waals surface area contributed by atoms with Gasteiger partial charge in [0, 0.05) is 32.9 Å². The Bertz CT molecular complexity index is 2860. The highest BCUT2D eigenvalue weighted by Gasteiger charge is 2.39. The van der Waals surface area contributed by atoms with Gasteiger partial charge in [0.1, 0.15) is 5.52 Å². The summed E-state index contributed by atoms with van der Waals surface area (Å²) in [5.74, 6) is 2.52. The Balaban J connectivity index is 1.19. The zero-order chi connectivity index (χ0) is 36.1. The highest BCUT2D eigenvalue weighted by molar-refractivity contribution is 6.08. The summed E-state index contributed by atoms with van der Waals surface area (Å²) < 4.78 is 6.39. The van der Waals surface area contributed by atoms with Gasteiger partial charge in [0.25, 0.3) is 0 Å². The minimum absolute atomic E-state index is 0.601. The van der Waals surface area contributed by atoms with E-state index in [2.05, 4.69) is 85.8 Å². The van der Waals surface area contributed by atoms with E-state index in [0.29, 0.717) is 29.8 Å². The molecular weight excluding hydrogens is 663 g/mol. The zero-order valence-electron chi connectivity index (χ0n) is 29.5. The number of para-hydroxylation sites is 1. The standard InChI is InChI=1S/C48H33N5O/c1-48(43-38-23-12-11-21-36(38)37-22-13-14-24-40(37)49-43)30-35(46-52-44(31-15-5-2-6-16-31)51-45(53-46)32-17-7-3-8-18-32)25-27-39(48)34-26-28-41-42(29-34)54-47(50-41)33-19-9-4-10-20-33/h2-29H,30H2,1H3. The molecule has 0 fully saturated rings. The molecule has 0 N–H and O–H groups in total. The monoisotopic (exact) mass is 695 g/mol. The van der Waals surface area contributed by atoms with Crippen LogP contribution in [0.2, 0.25) is 0 Å². The Morgan fingerprint density at radius 1 is 0.463 bits per heavy atom. The zero-order valence-corrected chi connectivity index (χ0v) is 29.5. The lowest BCUT2D eigenvalue weighted by Gasteiger charge is -2.36. The molecule has 3 heterocycles. The molecule has 256 valence electrons. The molecule has 1 aliphatic rings. The maximum absolute atomic E-state index is 6.39. The van der Waals surface area contributed by atoms with Gasteiger partial charge in [-0.25, -0.2) is 19.9 Å². The van der Waals surface area contributed by atoms with E-state index in [9.17, 15) is 0 Å². The molecule has 6 nitrogen and oxygen atoms in total. The maximum atomic E-state index is 6.39. The molecule has 1 atom stereocenters. The van der Waals surface area contributed by atoms with Gasteiger partial charge in [-0.3, -0.25) is 4.98 Å². The summed E-state index contributed by atoms with van der Waals surface area (Å²) in [6, 6.07) is 53.6. The summed E-state index contributed by atoms with van der Waals surface area (Å²) in [6.45, 7) is 2.30. The van der Waals surface area contributed by atoms with Crippen molar-refractivity contribution in [3.8, 4) is 34.2 Å². The van der Waals surface area contributed by atoms with E-state index in [1.54, 1.807) is 0 Å². The SMILES string of the molecule is CC1(c2nc3ccccc3c3ccccc23)CC(c2nc(-c3ccccc3)nc(-c3ccccc3)n2)=CC=C1c1ccc2nc(-c3ccccc3)oc2c1. The van der Waals surface area contributed by atoms with Crippen molar-refractivity contribution < 1.29 is 4.42 Å². The molecule has 1 unspecified atom stereocenters. The van der Waals surface area contributed by atoms with Gasteiger partial charge in [-0.1, -0.05) is 140 Å². The quantitative estimate of drug-likeness (QED) is 0.161. The number of oxazole rings is 1. The molecule has 0 saturated carbocycles. The van der Waals surface area contributed by atoms with Crippen molar-refractivity contribution in [1.82, 2.24) is 24.9 Å². The van der Waals surface area contributed by atoms with Gasteiger partial charge in [0.2, 0.25) is 5.89 Å².